The number of amides is 1. The van der Waals surface area contributed by atoms with E-state index in [2.05, 4.69) is 5.32 Å². The summed E-state index contributed by atoms with van der Waals surface area (Å²) >= 11 is 7.37. The van der Waals surface area contributed by atoms with Gasteiger partial charge in [-0.25, -0.2) is 0 Å². The Morgan fingerprint density at radius 2 is 1.92 bits per heavy atom. The maximum absolute atomic E-state index is 12.3. The lowest BCUT2D eigenvalue weighted by molar-refractivity contribution is -0.115. The van der Waals surface area contributed by atoms with Crippen molar-refractivity contribution < 1.29 is 19.0 Å². The molecule has 138 valence electrons. The molecule has 1 aliphatic heterocycles. The third-order valence-electron chi connectivity index (χ3n) is 3.71. The first-order valence-electron chi connectivity index (χ1n) is 8.32. The maximum Gasteiger partial charge on any atom is 0.237 e. The lowest BCUT2D eigenvalue weighted by Crippen LogP contribution is -2.23. The van der Waals surface area contributed by atoms with Crippen LogP contribution >= 0.6 is 23.4 Å². The fraction of sp³-hybridized carbons (Fsp3) is 0.316. The lowest BCUT2D eigenvalue weighted by Gasteiger charge is -2.19. The molecule has 3 rings (SSSR count). The van der Waals surface area contributed by atoms with Crippen molar-refractivity contribution in [2.45, 2.75) is 12.2 Å². The summed E-state index contributed by atoms with van der Waals surface area (Å²) in [5, 5.41) is 3.39. The molecule has 1 heterocycles. The summed E-state index contributed by atoms with van der Waals surface area (Å²) in [6, 6.07) is 12.6. The normalized spacial score (nSPS) is 13.8. The summed E-state index contributed by atoms with van der Waals surface area (Å²) in [5.41, 5.74) is 0.698. The molecule has 0 spiro atoms. The van der Waals surface area contributed by atoms with E-state index in [0.29, 0.717) is 47.8 Å². The number of rotatable bonds is 7. The van der Waals surface area contributed by atoms with Crippen LogP contribution in [0, 0.1) is 0 Å². The first-order chi connectivity index (χ1) is 12.6. The second-order valence-electron chi connectivity index (χ2n) is 5.66. The van der Waals surface area contributed by atoms with Gasteiger partial charge < -0.3 is 19.5 Å². The van der Waals surface area contributed by atoms with Crippen molar-refractivity contribution in [1.29, 1.82) is 0 Å². The SMILES string of the molecule is C[C@H](SCCOc1ccc(Cl)cc1)C(=O)Nc1ccc2c(c1)OCCO2. The van der Waals surface area contributed by atoms with Crippen LogP contribution in [0.25, 0.3) is 0 Å². The van der Waals surface area contributed by atoms with Gasteiger partial charge in [0.05, 0.1) is 11.9 Å². The molecule has 2 aromatic carbocycles. The van der Waals surface area contributed by atoms with E-state index in [1.54, 1.807) is 18.2 Å². The summed E-state index contributed by atoms with van der Waals surface area (Å²) in [6.45, 7) is 3.46. The van der Waals surface area contributed by atoms with Crippen molar-refractivity contribution in [3.05, 3.63) is 47.5 Å². The highest BCUT2D eigenvalue weighted by Crippen LogP contribution is 2.32. The average Bonchev–Trinajstić information content (AvgIpc) is 2.66. The Balaban J connectivity index is 1.42. The number of hydrogen-bond donors (Lipinski definition) is 1. The summed E-state index contributed by atoms with van der Waals surface area (Å²) in [7, 11) is 0. The molecule has 0 saturated heterocycles. The quantitative estimate of drug-likeness (QED) is 0.712. The molecule has 7 heteroatoms. The second-order valence-corrected chi connectivity index (χ2v) is 7.55. The average molecular weight is 394 g/mol. The van der Waals surface area contributed by atoms with Crippen molar-refractivity contribution in [1.82, 2.24) is 0 Å². The number of fused-ring (bicyclic) bond motifs is 1. The molecular formula is C19H20ClNO4S. The predicted octanol–water partition coefficient (Wildman–Crippen LogP) is 4.25. The summed E-state index contributed by atoms with van der Waals surface area (Å²) in [5.74, 6) is 2.78. The molecule has 1 amide bonds. The number of anilines is 1. The van der Waals surface area contributed by atoms with E-state index in [9.17, 15) is 4.79 Å². The zero-order valence-electron chi connectivity index (χ0n) is 14.4. The number of hydrogen-bond acceptors (Lipinski definition) is 5. The Morgan fingerprint density at radius 3 is 2.69 bits per heavy atom. The van der Waals surface area contributed by atoms with Gasteiger partial charge in [-0.1, -0.05) is 11.6 Å². The minimum absolute atomic E-state index is 0.0572. The van der Waals surface area contributed by atoms with E-state index in [-0.39, 0.29) is 11.2 Å². The Kier molecular flexibility index (Phi) is 6.52. The van der Waals surface area contributed by atoms with E-state index in [1.807, 2.05) is 31.2 Å². The fourth-order valence-electron chi connectivity index (χ4n) is 2.36. The highest BCUT2D eigenvalue weighted by Gasteiger charge is 2.16. The Hall–Kier alpha value is -2.05. The van der Waals surface area contributed by atoms with Gasteiger partial charge in [0.15, 0.2) is 11.5 Å². The van der Waals surface area contributed by atoms with E-state index in [4.69, 9.17) is 25.8 Å². The maximum atomic E-state index is 12.3. The van der Waals surface area contributed by atoms with Gasteiger partial charge in [0.25, 0.3) is 0 Å². The zero-order chi connectivity index (χ0) is 18.4. The minimum Gasteiger partial charge on any atom is -0.493 e. The van der Waals surface area contributed by atoms with Crippen LogP contribution in [0.15, 0.2) is 42.5 Å². The van der Waals surface area contributed by atoms with Gasteiger partial charge in [-0.05, 0) is 43.3 Å². The van der Waals surface area contributed by atoms with Crippen molar-refractivity contribution in [3.8, 4) is 17.2 Å². The van der Waals surface area contributed by atoms with Crippen molar-refractivity contribution >= 4 is 35.0 Å². The van der Waals surface area contributed by atoms with Crippen LogP contribution in [0.3, 0.4) is 0 Å². The Labute approximate surface area is 162 Å². The molecule has 0 unspecified atom stereocenters. The third-order valence-corrected chi connectivity index (χ3v) is 5.08. The number of thioether (sulfide) groups is 1. The van der Waals surface area contributed by atoms with E-state index < -0.39 is 0 Å². The van der Waals surface area contributed by atoms with Gasteiger partial charge in [-0.2, -0.15) is 0 Å². The van der Waals surface area contributed by atoms with E-state index in [0.717, 1.165) is 5.75 Å². The van der Waals surface area contributed by atoms with Crippen molar-refractivity contribution in [3.63, 3.8) is 0 Å². The van der Waals surface area contributed by atoms with Gasteiger partial charge in [-0.3, -0.25) is 4.79 Å². The molecule has 1 aliphatic rings. The van der Waals surface area contributed by atoms with Crippen LogP contribution < -0.4 is 19.5 Å². The number of carbonyl (C=O) groups excluding carboxylic acids is 1. The van der Waals surface area contributed by atoms with Crippen molar-refractivity contribution in [2.24, 2.45) is 0 Å². The number of nitrogens with one attached hydrogen (secondary N) is 1. The predicted molar refractivity (Wildman–Crippen MR) is 105 cm³/mol. The van der Waals surface area contributed by atoms with Gasteiger partial charge in [0.1, 0.15) is 19.0 Å². The molecule has 1 N–H and O–H groups in total. The molecule has 5 nitrogen and oxygen atoms in total. The number of benzene rings is 2. The van der Waals surface area contributed by atoms with E-state index >= 15 is 0 Å². The molecule has 0 fully saturated rings. The highest BCUT2D eigenvalue weighted by molar-refractivity contribution is 8.00. The fourth-order valence-corrected chi connectivity index (χ4v) is 3.23. The monoisotopic (exact) mass is 393 g/mol. The highest BCUT2D eigenvalue weighted by atomic mass is 35.5. The number of ether oxygens (including phenoxy) is 3. The minimum atomic E-state index is -0.197. The topological polar surface area (TPSA) is 56.8 Å². The summed E-state index contributed by atoms with van der Waals surface area (Å²) in [6.07, 6.45) is 0. The first-order valence-corrected chi connectivity index (χ1v) is 9.75. The molecule has 0 saturated carbocycles. The largest absolute Gasteiger partial charge is 0.493 e. The Morgan fingerprint density at radius 1 is 1.19 bits per heavy atom. The van der Waals surface area contributed by atoms with Crippen LogP contribution in [-0.4, -0.2) is 36.7 Å². The standard InChI is InChI=1S/C19H20ClNO4S/c1-13(26-11-10-23-16-5-2-14(20)3-6-16)19(22)21-15-4-7-17-18(12-15)25-9-8-24-17/h2-7,12-13H,8-11H2,1H3,(H,21,22)/t13-/m0/s1. The smallest absolute Gasteiger partial charge is 0.237 e. The molecule has 0 radical (unpaired) electrons. The van der Waals surface area contributed by atoms with Crippen LogP contribution in [0.4, 0.5) is 5.69 Å². The van der Waals surface area contributed by atoms with Gasteiger partial charge in [-0.15, -0.1) is 11.8 Å². The molecule has 0 bridgehead atoms. The van der Waals surface area contributed by atoms with Gasteiger partial charge >= 0.3 is 0 Å². The van der Waals surface area contributed by atoms with Crippen molar-refractivity contribution in [2.75, 3.05) is 30.9 Å². The van der Waals surface area contributed by atoms with Crippen LogP contribution in [-0.2, 0) is 4.79 Å². The molecule has 2 aromatic rings. The second kappa shape index (κ2) is 9.05. The summed E-state index contributed by atoms with van der Waals surface area (Å²) < 4.78 is 16.6. The van der Waals surface area contributed by atoms with Crippen LogP contribution in [0.5, 0.6) is 17.2 Å². The number of halogens is 1. The van der Waals surface area contributed by atoms with Gasteiger partial charge in [0.2, 0.25) is 5.91 Å². The first kappa shape index (κ1) is 18.7. The lowest BCUT2D eigenvalue weighted by atomic mass is 10.2. The Bertz CT molecular complexity index is 754. The zero-order valence-corrected chi connectivity index (χ0v) is 15.9. The molecule has 1 atom stereocenters. The molecular weight excluding hydrogens is 374 g/mol. The summed E-state index contributed by atoms with van der Waals surface area (Å²) in [4.78, 5) is 12.3. The number of carbonyl (C=O) groups is 1. The molecule has 0 aromatic heterocycles. The molecule has 26 heavy (non-hydrogen) atoms. The molecule has 0 aliphatic carbocycles. The van der Waals surface area contributed by atoms with Crippen LogP contribution in [0.1, 0.15) is 6.92 Å². The third kappa shape index (κ3) is 5.22. The van der Waals surface area contributed by atoms with Crippen LogP contribution in [0.2, 0.25) is 5.02 Å². The van der Waals surface area contributed by atoms with Gasteiger partial charge in [0, 0.05) is 22.5 Å². The van der Waals surface area contributed by atoms with E-state index in [1.165, 1.54) is 11.8 Å².